The minimum absolute atomic E-state index is 0.483. The van der Waals surface area contributed by atoms with Gasteiger partial charge in [-0.15, -0.1) is 0 Å². The van der Waals surface area contributed by atoms with E-state index in [4.69, 9.17) is 34.4 Å². The molecule has 0 unspecified atom stereocenters. The number of alkyl halides is 9. The van der Waals surface area contributed by atoms with E-state index in [1.54, 1.807) is 0 Å². The number of halogens is 9. The van der Waals surface area contributed by atoms with Gasteiger partial charge in [0.2, 0.25) is 0 Å². The van der Waals surface area contributed by atoms with Gasteiger partial charge in [-0.05, 0) is 42.9 Å². The lowest BCUT2D eigenvalue weighted by atomic mass is 10.1. The number of hydrogen-bond acceptors (Lipinski definition) is 7. The second-order valence-electron chi connectivity index (χ2n) is 9.28. The summed E-state index contributed by atoms with van der Waals surface area (Å²) < 4.78 is 101. The third kappa shape index (κ3) is 15.2. The first-order valence-corrected chi connectivity index (χ1v) is 12.1. The van der Waals surface area contributed by atoms with Crippen molar-refractivity contribution in [3.05, 3.63) is 30.1 Å². The number of carboxylic acid groups (broad SMARTS) is 3. The van der Waals surface area contributed by atoms with Crippen LogP contribution in [0.4, 0.5) is 39.5 Å². The normalized spacial score (nSPS) is 20.9. The van der Waals surface area contributed by atoms with E-state index in [0.717, 1.165) is 25.6 Å². The molecule has 1 aromatic rings. The zero-order valence-corrected chi connectivity index (χ0v) is 21.6. The van der Waals surface area contributed by atoms with Crippen LogP contribution in [0.2, 0.25) is 0 Å². The first-order chi connectivity index (χ1) is 19.2. The second-order valence-corrected chi connectivity index (χ2v) is 9.28. The summed E-state index contributed by atoms with van der Waals surface area (Å²) in [5.74, 6) is -7.39. The lowest BCUT2D eigenvalue weighted by Crippen LogP contribution is -2.49. The maximum absolute atomic E-state index is 10.6. The molecule has 1 saturated carbocycles. The number of carbonyl (C=O) groups is 3. The van der Waals surface area contributed by atoms with Crippen LogP contribution in [0.25, 0.3) is 0 Å². The van der Waals surface area contributed by atoms with Gasteiger partial charge in [0.15, 0.2) is 0 Å². The molecular weight excluding hydrogens is 601 g/mol. The molecule has 3 aliphatic rings. The van der Waals surface area contributed by atoms with Crippen molar-refractivity contribution in [3.63, 3.8) is 0 Å². The number of piperazine rings is 1. The number of rotatable bonds is 5. The van der Waals surface area contributed by atoms with Crippen molar-refractivity contribution in [1.29, 1.82) is 0 Å². The Bertz CT molecular complexity index is 947. The van der Waals surface area contributed by atoms with Crippen LogP contribution in [-0.2, 0) is 25.7 Å². The van der Waals surface area contributed by atoms with Gasteiger partial charge in [-0.3, -0.25) is 14.8 Å². The molecule has 2 saturated heterocycles. The zero-order valence-electron chi connectivity index (χ0n) is 21.6. The maximum atomic E-state index is 10.6. The standard InChI is InChI=1S/C17H25N3O.3C2HF3O2/c1-2-15(1)13-21-17-9-16-11-19(7-8-20(16)12-17)10-14-3-5-18-6-4-14;3*3-2(4,5)1(6)7/h3-6,15-17H,1-2,7-13H2;3*(H,6,7)/t16-,17+;;;/m1.../s1. The highest BCUT2D eigenvalue weighted by molar-refractivity contribution is 5.73. The summed E-state index contributed by atoms with van der Waals surface area (Å²) >= 11 is 0. The Morgan fingerprint density at radius 2 is 1.26 bits per heavy atom. The second kappa shape index (κ2) is 15.9. The summed E-state index contributed by atoms with van der Waals surface area (Å²) in [6, 6.07) is 4.95. The molecule has 0 amide bonds. The molecule has 3 fully saturated rings. The fourth-order valence-corrected chi connectivity index (χ4v) is 3.63. The van der Waals surface area contributed by atoms with Crippen LogP contribution in [0.3, 0.4) is 0 Å². The van der Waals surface area contributed by atoms with Crippen molar-refractivity contribution < 1.29 is 74.0 Å². The monoisotopic (exact) mass is 629 g/mol. The number of ether oxygens (including phenoxy) is 1. The highest BCUT2D eigenvalue weighted by Crippen LogP contribution is 2.31. The van der Waals surface area contributed by atoms with Crippen LogP contribution in [0.1, 0.15) is 24.8 Å². The Balaban J connectivity index is 0.000000348. The zero-order chi connectivity index (χ0) is 32.3. The minimum Gasteiger partial charge on any atom is -0.475 e. The summed E-state index contributed by atoms with van der Waals surface area (Å²) in [7, 11) is 0. The van der Waals surface area contributed by atoms with E-state index in [1.807, 2.05) is 12.4 Å². The van der Waals surface area contributed by atoms with Gasteiger partial charge in [-0.1, -0.05) is 0 Å². The molecule has 42 heavy (non-hydrogen) atoms. The minimum atomic E-state index is -5.08. The Morgan fingerprint density at radius 3 is 1.67 bits per heavy atom. The van der Waals surface area contributed by atoms with Gasteiger partial charge in [0.1, 0.15) is 0 Å². The first-order valence-electron chi connectivity index (χ1n) is 12.1. The van der Waals surface area contributed by atoms with Crippen LogP contribution in [0.5, 0.6) is 0 Å². The van der Waals surface area contributed by atoms with Crippen molar-refractivity contribution in [1.82, 2.24) is 14.8 Å². The van der Waals surface area contributed by atoms with Crippen molar-refractivity contribution in [2.45, 2.75) is 56.5 Å². The largest absolute Gasteiger partial charge is 0.490 e. The van der Waals surface area contributed by atoms with E-state index in [2.05, 4.69) is 26.9 Å². The Labute approximate surface area is 232 Å². The van der Waals surface area contributed by atoms with Crippen molar-refractivity contribution in [2.75, 3.05) is 32.8 Å². The fourth-order valence-electron chi connectivity index (χ4n) is 3.63. The quantitative estimate of drug-likeness (QED) is 0.414. The SMILES string of the molecule is O=C(O)C(F)(F)F.O=C(O)C(F)(F)F.O=C(O)C(F)(F)F.c1cc(CN2CCN3C[C@@H](OCC4CC4)C[C@@H]3C2)ccn1. The molecular formula is C23H28F9N3O7. The molecule has 2 atom stereocenters. The van der Waals surface area contributed by atoms with Crippen LogP contribution in [0, 0.1) is 5.92 Å². The van der Waals surface area contributed by atoms with Gasteiger partial charge in [-0.2, -0.15) is 39.5 Å². The number of aromatic nitrogens is 1. The summed E-state index contributed by atoms with van der Waals surface area (Å²) in [6.45, 7) is 6.77. The number of hydrogen-bond donors (Lipinski definition) is 3. The number of aliphatic carboxylic acids is 3. The van der Waals surface area contributed by atoms with Crippen LogP contribution < -0.4 is 0 Å². The highest BCUT2D eigenvalue weighted by atomic mass is 19.4. The highest BCUT2D eigenvalue weighted by Gasteiger charge is 2.40. The molecule has 1 aromatic heterocycles. The third-order valence-corrected chi connectivity index (χ3v) is 5.81. The molecule has 1 aliphatic carbocycles. The average molecular weight is 629 g/mol. The predicted molar refractivity (Wildman–Crippen MR) is 123 cm³/mol. The van der Waals surface area contributed by atoms with Crippen molar-refractivity contribution in [3.8, 4) is 0 Å². The number of nitrogens with zero attached hydrogens (tertiary/aromatic N) is 3. The number of fused-ring (bicyclic) bond motifs is 1. The average Bonchev–Trinajstić information content (AvgIpc) is 3.60. The third-order valence-electron chi connectivity index (χ3n) is 5.81. The lowest BCUT2D eigenvalue weighted by Gasteiger charge is -2.37. The van der Waals surface area contributed by atoms with E-state index >= 15 is 0 Å². The summed E-state index contributed by atoms with van der Waals surface area (Å²) in [5.41, 5.74) is 1.37. The van der Waals surface area contributed by atoms with E-state index in [-0.39, 0.29) is 0 Å². The molecule has 0 bridgehead atoms. The molecule has 4 rings (SSSR count). The Kier molecular flexibility index (Phi) is 13.9. The smallest absolute Gasteiger partial charge is 0.475 e. The Morgan fingerprint density at radius 1 is 0.810 bits per heavy atom. The van der Waals surface area contributed by atoms with Gasteiger partial charge in [0.25, 0.3) is 0 Å². The predicted octanol–water partition coefficient (Wildman–Crippen LogP) is 3.67. The van der Waals surface area contributed by atoms with Crippen LogP contribution in [0.15, 0.2) is 24.5 Å². The Hall–Kier alpha value is -3.19. The molecule has 0 radical (unpaired) electrons. The van der Waals surface area contributed by atoms with E-state index < -0.39 is 36.4 Å². The number of carboxylic acids is 3. The lowest BCUT2D eigenvalue weighted by molar-refractivity contribution is -0.193. The molecule has 240 valence electrons. The summed E-state index contributed by atoms with van der Waals surface area (Å²) in [5, 5.41) is 21.4. The first kappa shape index (κ1) is 36.8. The van der Waals surface area contributed by atoms with Crippen LogP contribution >= 0.6 is 0 Å². The molecule has 0 aromatic carbocycles. The molecule has 3 heterocycles. The van der Waals surface area contributed by atoms with Crippen molar-refractivity contribution >= 4 is 17.9 Å². The summed E-state index contributed by atoms with van der Waals surface area (Å²) in [6.07, 6.45) is -6.98. The molecule has 10 nitrogen and oxygen atoms in total. The van der Waals surface area contributed by atoms with Gasteiger partial charge in [0.05, 0.1) is 6.10 Å². The molecule has 0 spiro atoms. The van der Waals surface area contributed by atoms with Crippen LogP contribution in [-0.4, -0.2) is 111 Å². The molecule has 19 heteroatoms. The van der Waals surface area contributed by atoms with Gasteiger partial charge in [0, 0.05) is 57.8 Å². The van der Waals surface area contributed by atoms with E-state index in [1.165, 1.54) is 44.5 Å². The summed E-state index contributed by atoms with van der Waals surface area (Å²) in [4.78, 5) is 36.0. The van der Waals surface area contributed by atoms with Gasteiger partial charge < -0.3 is 20.1 Å². The van der Waals surface area contributed by atoms with E-state index in [0.29, 0.717) is 12.1 Å². The van der Waals surface area contributed by atoms with Gasteiger partial charge >= 0.3 is 36.4 Å². The van der Waals surface area contributed by atoms with Crippen molar-refractivity contribution in [2.24, 2.45) is 5.92 Å². The molecule has 3 N–H and O–H groups in total. The molecule has 2 aliphatic heterocycles. The topological polar surface area (TPSA) is 140 Å². The van der Waals surface area contributed by atoms with E-state index in [9.17, 15) is 39.5 Å². The number of pyridine rings is 1. The van der Waals surface area contributed by atoms with Gasteiger partial charge in [-0.25, -0.2) is 14.4 Å². The maximum Gasteiger partial charge on any atom is 0.490 e. The fraction of sp³-hybridized carbons (Fsp3) is 0.652.